The summed E-state index contributed by atoms with van der Waals surface area (Å²) in [6.45, 7) is 0.595. The van der Waals surface area contributed by atoms with Crippen molar-refractivity contribution in [3.63, 3.8) is 0 Å². The van der Waals surface area contributed by atoms with Crippen LogP contribution in [0.4, 0.5) is 0 Å². The van der Waals surface area contributed by atoms with Crippen molar-refractivity contribution in [2.24, 2.45) is 5.73 Å². The Bertz CT molecular complexity index is 229. The van der Waals surface area contributed by atoms with Gasteiger partial charge in [0.15, 0.2) is 0 Å². The topological polar surface area (TPSA) is 38.0 Å². The lowest BCUT2D eigenvalue weighted by Gasteiger charge is -2.13. The second kappa shape index (κ2) is 4.45. The fraction of sp³-hybridized carbons (Fsp3) is 0.333. The van der Waals surface area contributed by atoms with Gasteiger partial charge in [-0.3, -0.25) is 0 Å². The van der Waals surface area contributed by atoms with Gasteiger partial charge in [0, 0.05) is 17.6 Å². The van der Waals surface area contributed by atoms with E-state index in [0.717, 1.165) is 5.02 Å². The summed E-state index contributed by atoms with van der Waals surface area (Å²) in [5.41, 5.74) is 6.73. The standard InChI is InChI=1S/C9H13ClN2/c1-12-9(6-11)7-2-4-8(10)5-3-7/h2-5,9,12H,6,11H2,1H3/t9-/m1/s1. The minimum atomic E-state index is 0.224. The second-order valence-corrected chi connectivity index (χ2v) is 3.06. The normalized spacial score (nSPS) is 12.9. The molecule has 0 saturated heterocycles. The van der Waals surface area contributed by atoms with E-state index in [1.807, 2.05) is 31.3 Å². The summed E-state index contributed by atoms with van der Waals surface area (Å²) in [6.07, 6.45) is 0. The summed E-state index contributed by atoms with van der Waals surface area (Å²) in [5, 5.41) is 3.87. The summed E-state index contributed by atoms with van der Waals surface area (Å²) < 4.78 is 0. The summed E-state index contributed by atoms with van der Waals surface area (Å²) in [5.74, 6) is 0. The van der Waals surface area contributed by atoms with Gasteiger partial charge in [0.1, 0.15) is 0 Å². The van der Waals surface area contributed by atoms with Crippen LogP contribution in [0.25, 0.3) is 0 Å². The van der Waals surface area contributed by atoms with Crippen LogP contribution in [0.3, 0.4) is 0 Å². The lowest BCUT2D eigenvalue weighted by Crippen LogP contribution is -2.24. The summed E-state index contributed by atoms with van der Waals surface area (Å²) >= 11 is 5.75. The smallest absolute Gasteiger partial charge is 0.0442 e. The quantitative estimate of drug-likeness (QED) is 0.749. The molecule has 1 aromatic carbocycles. The van der Waals surface area contributed by atoms with E-state index in [1.165, 1.54) is 5.56 Å². The molecule has 0 amide bonds. The molecule has 0 aliphatic heterocycles. The van der Waals surface area contributed by atoms with Gasteiger partial charge in [-0.1, -0.05) is 23.7 Å². The fourth-order valence-electron chi connectivity index (χ4n) is 1.12. The molecule has 12 heavy (non-hydrogen) atoms. The molecule has 1 rings (SSSR count). The van der Waals surface area contributed by atoms with Gasteiger partial charge in [0.2, 0.25) is 0 Å². The van der Waals surface area contributed by atoms with Gasteiger partial charge >= 0.3 is 0 Å². The molecular weight excluding hydrogens is 172 g/mol. The van der Waals surface area contributed by atoms with Crippen molar-refractivity contribution in [1.82, 2.24) is 5.32 Å². The first kappa shape index (κ1) is 9.52. The number of rotatable bonds is 3. The molecule has 66 valence electrons. The predicted molar refractivity (Wildman–Crippen MR) is 52.3 cm³/mol. The summed E-state index contributed by atoms with van der Waals surface area (Å²) in [4.78, 5) is 0. The number of benzene rings is 1. The molecule has 0 fully saturated rings. The van der Waals surface area contributed by atoms with Crippen LogP contribution in [-0.4, -0.2) is 13.6 Å². The highest BCUT2D eigenvalue weighted by molar-refractivity contribution is 6.30. The first-order valence-corrected chi connectivity index (χ1v) is 4.28. The van der Waals surface area contributed by atoms with Crippen molar-refractivity contribution in [3.05, 3.63) is 34.9 Å². The van der Waals surface area contributed by atoms with Crippen LogP contribution in [0.2, 0.25) is 5.02 Å². The number of likely N-dealkylation sites (N-methyl/N-ethyl adjacent to an activating group) is 1. The summed E-state index contributed by atoms with van der Waals surface area (Å²) in [6, 6.07) is 7.93. The molecular formula is C9H13ClN2. The molecule has 0 aliphatic carbocycles. The monoisotopic (exact) mass is 184 g/mol. The Hall–Kier alpha value is -0.570. The van der Waals surface area contributed by atoms with E-state index in [1.54, 1.807) is 0 Å². The highest BCUT2D eigenvalue weighted by Gasteiger charge is 2.04. The van der Waals surface area contributed by atoms with Gasteiger partial charge in [-0.15, -0.1) is 0 Å². The van der Waals surface area contributed by atoms with E-state index >= 15 is 0 Å². The van der Waals surface area contributed by atoms with E-state index in [0.29, 0.717) is 6.54 Å². The van der Waals surface area contributed by atoms with E-state index in [2.05, 4.69) is 5.32 Å². The molecule has 0 aliphatic rings. The van der Waals surface area contributed by atoms with E-state index < -0.39 is 0 Å². The third-order valence-corrected chi connectivity index (χ3v) is 2.11. The molecule has 2 nitrogen and oxygen atoms in total. The van der Waals surface area contributed by atoms with Crippen LogP contribution in [0, 0.1) is 0 Å². The minimum Gasteiger partial charge on any atom is -0.329 e. The Morgan fingerprint density at radius 2 is 2.00 bits per heavy atom. The number of nitrogens with two attached hydrogens (primary N) is 1. The molecule has 3 N–H and O–H groups in total. The van der Waals surface area contributed by atoms with Gasteiger partial charge in [-0.25, -0.2) is 0 Å². The molecule has 0 radical (unpaired) electrons. The van der Waals surface area contributed by atoms with Crippen molar-refractivity contribution in [2.45, 2.75) is 6.04 Å². The van der Waals surface area contributed by atoms with E-state index in [9.17, 15) is 0 Å². The molecule has 0 bridgehead atoms. The van der Waals surface area contributed by atoms with Crippen LogP contribution >= 0.6 is 11.6 Å². The average Bonchev–Trinajstić information content (AvgIpc) is 2.10. The van der Waals surface area contributed by atoms with Crippen molar-refractivity contribution in [1.29, 1.82) is 0 Å². The Kier molecular flexibility index (Phi) is 3.53. The molecule has 0 saturated carbocycles. The SMILES string of the molecule is CN[C@H](CN)c1ccc(Cl)cc1. The van der Waals surface area contributed by atoms with Gasteiger partial charge < -0.3 is 11.1 Å². The molecule has 0 unspecified atom stereocenters. The van der Waals surface area contributed by atoms with E-state index in [-0.39, 0.29) is 6.04 Å². The third kappa shape index (κ3) is 2.21. The lowest BCUT2D eigenvalue weighted by molar-refractivity contribution is 0.606. The Labute approximate surface area is 77.7 Å². The van der Waals surface area contributed by atoms with Gasteiger partial charge in [-0.05, 0) is 24.7 Å². The Balaban J connectivity index is 2.80. The maximum atomic E-state index is 5.75. The maximum absolute atomic E-state index is 5.75. The predicted octanol–water partition coefficient (Wildman–Crippen LogP) is 1.56. The van der Waals surface area contributed by atoms with Crippen LogP contribution in [0.5, 0.6) is 0 Å². The second-order valence-electron chi connectivity index (χ2n) is 2.63. The number of hydrogen-bond donors (Lipinski definition) is 2. The third-order valence-electron chi connectivity index (χ3n) is 1.86. The van der Waals surface area contributed by atoms with Crippen molar-refractivity contribution < 1.29 is 0 Å². The molecule has 0 spiro atoms. The first-order valence-electron chi connectivity index (χ1n) is 3.90. The number of halogens is 1. The zero-order valence-electron chi connectivity index (χ0n) is 7.05. The summed E-state index contributed by atoms with van der Waals surface area (Å²) in [7, 11) is 1.89. The minimum absolute atomic E-state index is 0.224. The van der Waals surface area contributed by atoms with Crippen molar-refractivity contribution in [2.75, 3.05) is 13.6 Å². The number of hydrogen-bond acceptors (Lipinski definition) is 2. The van der Waals surface area contributed by atoms with E-state index in [4.69, 9.17) is 17.3 Å². The zero-order chi connectivity index (χ0) is 8.97. The highest BCUT2D eigenvalue weighted by atomic mass is 35.5. The molecule has 1 atom stereocenters. The molecule has 3 heteroatoms. The van der Waals surface area contributed by atoms with Crippen LogP contribution in [-0.2, 0) is 0 Å². The van der Waals surface area contributed by atoms with Crippen LogP contribution in [0.1, 0.15) is 11.6 Å². The molecule has 1 aromatic rings. The molecule has 0 heterocycles. The molecule has 0 aromatic heterocycles. The Morgan fingerprint density at radius 1 is 1.42 bits per heavy atom. The largest absolute Gasteiger partial charge is 0.329 e. The van der Waals surface area contributed by atoms with Crippen molar-refractivity contribution in [3.8, 4) is 0 Å². The average molecular weight is 185 g/mol. The van der Waals surface area contributed by atoms with Gasteiger partial charge in [0.25, 0.3) is 0 Å². The maximum Gasteiger partial charge on any atom is 0.0442 e. The van der Waals surface area contributed by atoms with Crippen LogP contribution in [0.15, 0.2) is 24.3 Å². The fourth-order valence-corrected chi connectivity index (χ4v) is 1.24. The lowest BCUT2D eigenvalue weighted by atomic mass is 10.1. The Morgan fingerprint density at radius 3 is 2.42 bits per heavy atom. The highest BCUT2D eigenvalue weighted by Crippen LogP contribution is 2.14. The van der Waals surface area contributed by atoms with Crippen LogP contribution < -0.4 is 11.1 Å². The number of nitrogens with one attached hydrogen (secondary N) is 1. The first-order chi connectivity index (χ1) is 5.77. The zero-order valence-corrected chi connectivity index (χ0v) is 7.81. The van der Waals surface area contributed by atoms with Gasteiger partial charge in [-0.2, -0.15) is 0 Å². The van der Waals surface area contributed by atoms with Crippen molar-refractivity contribution >= 4 is 11.6 Å². The van der Waals surface area contributed by atoms with Gasteiger partial charge in [0.05, 0.1) is 0 Å².